The Morgan fingerprint density at radius 3 is 2.65 bits per heavy atom. The number of aromatic hydroxyl groups is 2. The number of hydrogen-bond acceptors (Lipinski definition) is 4. The van der Waals surface area contributed by atoms with E-state index in [1.54, 1.807) is 0 Å². The van der Waals surface area contributed by atoms with Crippen LogP contribution in [-0.4, -0.2) is 47.7 Å². The van der Waals surface area contributed by atoms with Crippen LogP contribution >= 0.6 is 0 Å². The van der Waals surface area contributed by atoms with Gasteiger partial charge in [-0.05, 0) is 56.6 Å². The second-order valence-electron chi connectivity index (χ2n) is 6.00. The molecule has 110 valence electrons. The summed E-state index contributed by atoms with van der Waals surface area (Å²) in [5.41, 5.74) is 0.204. The predicted molar refractivity (Wildman–Crippen MR) is 76.9 cm³/mol. The summed E-state index contributed by atoms with van der Waals surface area (Å²) in [5.74, 6) is -0.495. The molecule has 0 radical (unpaired) electrons. The van der Waals surface area contributed by atoms with Gasteiger partial charge in [0, 0.05) is 6.54 Å². The van der Waals surface area contributed by atoms with E-state index in [4.69, 9.17) is 0 Å². The highest BCUT2D eigenvalue weighted by atomic mass is 16.3. The van der Waals surface area contributed by atoms with Crippen molar-refractivity contribution in [2.75, 3.05) is 26.7 Å². The maximum absolute atomic E-state index is 12.1. The predicted octanol–water partition coefficient (Wildman–Crippen LogP) is 1.56. The number of hydrogen-bond donors (Lipinski definition) is 3. The maximum Gasteiger partial charge on any atom is 0.255 e. The number of phenols is 2. The van der Waals surface area contributed by atoms with Crippen molar-refractivity contribution in [1.29, 1.82) is 0 Å². The summed E-state index contributed by atoms with van der Waals surface area (Å²) in [5, 5.41) is 21.9. The number of piperidine rings is 1. The van der Waals surface area contributed by atoms with Gasteiger partial charge in [0.05, 0.1) is 5.56 Å². The van der Waals surface area contributed by atoms with E-state index in [1.807, 2.05) is 0 Å². The van der Waals surface area contributed by atoms with E-state index in [0.717, 1.165) is 25.9 Å². The molecule has 0 bridgehead atoms. The first-order valence-corrected chi connectivity index (χ1v) is 6.88. The summed E-state index contributed by atoms with van der Waals surface area (Å²) in [6.45, 7) is 4.81. The first kappa shape index (κ1) is 14.7. The molecule has 0 atom stereocenters. The summed E-state index contributed by atoms with van der Waals surface area (Å²) in [4.78, 5) is 14.4. The molecule has 5 heteroatoms. The van der Waals surface area contributed by atoms with Crippen LogP contribution < -0.4 is 5.32 Å². The van der Waals surface area contributed by atoms with Gasteiger partial charge in [0.1, 0.15) is 11.5 Å². The average Bonchev–Trinajstić information content (AvgIpc) is 2.43. The molecular weight excluding hydrogens is 256 g/mol. The molecule has 1 amide bonds. The number of amides is 1. The third-order valence-corrected chi connectivity index (χ3v) is 4.09. The zero-order valence-electron chi connectivity index (χ0n) is 12.0. The number of rotatable bonds is 3. The van der Waals surface area contributed by atoms with Crippen molar-refractivity contribution >= 4 is 5.91 Å². The fourth-order valence-electron chi connectivity index (χ4n) is 2.43. The van der Waals surface area contributed by atoms with Crippen LogP contribution in [0.25, 0.3) is 0 Å². The van der Waals surface area contributed by atoms with Gasteiger partial charge in [0.2, 0.25) is 0 Å². The lowest BCUT2D eigenvalue weighted by Crippen LogP contribution is -2.43. The van der Waals surface area contributed by atoms with Gasteiger partial charge in [-0.2, -0.15) is 0 Å². The molecule has 5 nitrogen and oxygen atoms in total. The Bertz CT molecular complexity index is 494. The molecule has 0 saturated carbocycles. The van der Waals surface area contributed by atoms with E-state index in [-0.39, 0.29) is 28.4 Å². The van der Waals surface area contributed by atoms with Gasteiger partial charge < -0.3 is 20.4 Å². The lowest BCUT2D eigenvalue weighted by Gasteiger charge is -2.37. The van der Waals surface area contributed by atoms with Gasteiger partial charge in [-0.1, -0.05) is 6.92 Å². The monoisotopic (exact) mass is 278 g/mol. The molecule has 1 aromatic carbocycles. The molecule has 2 rings (SSSR count). The smallest absolute Gasteiger partial charge is 0.255 e. The molecule has 3 N–H and O–H groups in total. The summed E-state index contributed by atoms with van der Waals surface area (Å²) in [7, 11) is 2.10. The van der Waals surface area contributed by atoms with Crippen molar-refractivity contribution in [3.05, 3.63) is 23.8 Å². The van der Waals surface area contributed by atoms with Crippen LogP contribution in [0.15, 0.2) is 18.2 Å². The highest BCUT2D eigenvalue weighted by molar-refractivity contribution is 5.97. The molecule has 1 aromatic rings. The molecular formula is C15H22N2O3. The van der Waals surface area contributed by atoms with Crippen LogP contribution in [0.3, 0.4) is 0 Å². The topological polar surface area (TPSA) is 72.8 Å². The summed E-state index contributed by atoms with van der Waals surface area (Å²) in [6, 6.07) is 3.95. The minimum atomic E-state index is -0.349. The van der Waals surface area contributed by atoms with Gasteiger partial charge in [-0.15, -0.1) is 0 Å². The largest absolute Gasteiger partial charge is 0.508 e. The molecule has 20 heavy (non-hydrogen) atoms. The molecule has 1 aliphatic rings. The lowest BCUT2D eigenvalue weighted by molar-refractivity contribution is 0.0888. The Hall–Kier alpha value is -1.75. The van der Waals surface area contributed by atoms with Gasteiger partial charge in [-0.3, -0.25) is 4.79 Å². The summed E-state index contributed by atoms with van der Waals surface area (Å²) in [6.07, 6.45) is 2.08. The Morgan fingerprint density at radius 1 is 1.35 bits per heavy atom. The van der Waals surface area contributed by atoms with Gasteiger partial charge in [0.25, 0.3) is 5.91 Å². The van der Waals surface area contributed by atoms with Crippen molar-refractivity contribution < 1.29 is 15.0 Å². The first-order chi connectivity index (χ1) is 9.39. The van der Waals surface area contributed by atoms with E-state index >= 15 is 0 Å². The first-order valence-electron chi connectivity index (χ1n) is 6.88. The Balaban J connectivity index is 1.97. The molecule has 0 aliphatic carbocycles. The molecule has 1 fully saturated rings. The van der Waals surface area contributed by atoms with Crippen LogP contribution in [0.2, 0.25) is 0 Å². The van der Waals surface area contributed by atoms with Crippen molar-refractivity contribution in [3.8, 4) is 11.5 Å². The third-order valence-electron chi connectivity index (χ3n) is 4.09. The van der Waals surface area contributed by atoms with Crippen LogP contribution in [-0.2, 0) is 0 Å². The van der Waals surface area contributed by atoms with Gasteiger partial charge >= 0.3 is 0 Å². The lowest BCUT2D eigenvalue weighted by atomic mass is 9.80. The Labute approximate surface area is 119 Å². The van der Waals surface area contributed by atoms with Crippen molar-refractivity contribution in [3.63, 3.8) is 0 Å². The molecule has 0 unspecified atom stereocenters. The van der Waals surface area contributed by atoms with Crippen LogP contribution in [0, 0.1) is 5.41 Å². The molecule has 0 aromatic heterocycles. The van der Waals surface area contributed by atoms with E-state index in [1.165, 1.54) is 18.2 Å². The highest BCUT2D eigenvalue weighted by Crippen LogP contribution is 2.30. The normalized spacial score (nSPS) is 18.7. The van der Waals surface area contributed by atoms with Crippen molar-refractivity contribution in [1.82, 2.24) is 10.2 Å². The van der Waals surface area contributed by atoms with Crippen LogP contribution in [0.5, 0.6) is 11.5 Å². The minimum Gasteiger partial charge on any atom is -0.508 e. The van der Waals surface area contributed by atoms with Crippen LogP contribution in [0.4, 0.5) is 0 Å². The number of benzene rings is 1. The zero-order chi connectivity index (χ0) is 14.8. The number of nitrogens with zero attached hydrogens (tertiary/aromatic N) is 1. The number of carbonyl (C=O) groups is 1. The van der Waals surface area contributed by atoms with E-state index in [9.17, 15) is 15.0 Å². The Morgan fingerprint density at radius 2 is 2.00 bits per heavy atom. The van der Waals surface area contributed by atoms with E-state index in [2.05, 4.69) is 24.2 Å². The van der Waals surface area contributed by atoms with Gasteiger partial charge in [0.15, 0.2) is 0 Å². The quantitative estimate of drug-likeness (QED) is 0.734. The fraction of sp³-hybridized carbons (Fsp3) is 0.533. The van der Waals surface area contributed by atoms with E-state index < -0.39 is 0 Å². The summed E-state index contributed by atoms with van der Waals surface area (Å²) >= 11 is 0. The fourth-order valence-corrected chi connectivity index (χ4v) is 2.43. The molecule has 1 aliphatic heterocycles. The maximum atomic E-state index is 12.1. The third kappa shape index (κ3) is 3.42. The van der Waals surface area contributed by atoms with Crippen molar-refractivity contribution in [2.24, 2.45) is 5.41 Å². The highest BCUT2D eigenvalue weighted by Gasteiger charge is 2.29. The molecule has 1 heterocycles. The SMILES string of the molecule is CN1CCC(C)(CNC(=O)c2cc(O)ccc2O)CC1. The number of carbonyl (C=O) groups excluding carboxylic acids is 1. The van der Waals surface area contributed by atoms with Crippen LogP contribution in [0.1, 0.15) is 30.1 Å². The molecule has 1 saturated heterocycles. The minimum absolute atomic E-state index is 0.0292. The van der Waals surface area contributed by atoms with Gasteiger partial charge in [-0.25, -0.2) is 0 Å². The average molecular weight is 278 g/mol. The number of phenolic OH excluding ortho intramolecular Hbond substituents is 2. The summed E-state index contributed by atoms with van der Waals surface area (Å²) < 4.78 is 0. The second-order valence-corrected chi connectivity index (χ2v) is 6.00. The van der Waals surface area contributed by atoms with Crippen molar-refractivity contribution in [2.45, 2.75) is 19.8 Å². The molecule has 0 spiro atoms. The second kappa shape index (κ2) is 5.71. The van der Waals surface area contributed by atoms with E-state index in [0.29, 0.717) is 6.54 Å². The Kier molecular flexibility index (Phi) is 4.18. The number of likely N-dealkylation sites (tertiary alicyclic amines) is 1. The zero-order valence-corrected chi connectivity index (χ0v) is 12.0. The standard InChI is InChI=1S/C15H22N2O3/c1-15(5-7-17(2)8-6-15)10-16-14(20)12-9-11(18)3-4-13(12)19/h3-4,9,18-19H,5-8,10H2,1-2H3,(H,16,20). The number of nitrogens with one attached hydrogen (secondary N) is 1.